The fourth-order valence-electron chi connectivity index (χ4n) is 1.90. The van der Waals surface area contributed by atoms with Crippen molar-refractivity contribution in [1.29, 1.82) is 0 Å². The molecule has 0 N–H and O–H groups in total. The van der Waals surface area contributed by atoms with Crippen LogP contribution in [0.3, 0.4) is 0 Å². The van der Waals surface area contributed by atoms with Crippen LogP contribution in [0, 0.1) is 17.0 Å². The van der Waals surface area contributed by atoms with Gasteiger partial charge in [-0.15, -0.1) is 0 Å². The van der Waals surface area contributed by atoms with Gasteiger partial charge in [-0.05, 0) is 13.3 Å². The van der Waals surface area contributed by atoms with E-state index in [0.29, 0.717) is 18.7 Å². The van der Waals surface area contributed by atoms with Gasteiger partial charge in [0.2, 0.25) is 0 Å². The normalized spacial score (nSPS) is 25.6. The van der Waals surface area contributed by atoms with Gasteiger partial charge >= 0.3 is 5.69 Å². The zero-order chi connectivity index (χ0) is 11.7. The monoisotopic (exact) mass is 229 g/mol. The van der Waals surface area contributed by atoms with Crippen molar-refractivity contribution in [3.63, 3.8) is 0 Å². The highest BCUT2D eigenvalue weighted by atomic mass is 19.1. The second kappa shape index (κ2) is 4.17. The van der Waals surface area contributed by atoms with E-state index in [2.05, 4.69) is 5.10 Å². The van der Waals surface area contributed by atoms with Gasteiger partial charge in [-0.3, -0.25) is 14.8 Å². The summed E-state index contributed by atoms with van der Waals surface area (Å²) in [5.74, 6) is 0. The number of aromatic nitrogens is 2. The minimum Gasteiger partial charge on any atom is -0.378 e. The van der Waals surface area contributed by atoms with Crippen LogP contribution in [0.4, 0.5) is 10.1 Å². The Labute approximate surface area is 91.2 Å². The minimum atomic E-state index is -1.16. The number of rotatable bonds is 2. The first-order valence-corrected chi connectivity index (χ1v) is 5.01. The van der Waals surface area contributed by atoms with Gasteiger partial charge in [0, 0.05) is 6.61 Å². The van der Waals surface area contributed by atoms with Crippen LogP contribution in [-0.2, 0) is 4.74 Å². The number of ether oxygens (including phenoxy) is 1. The summed E-state index contributed by atoms with van der Waals surface area (Å²) in [5.41, 5.74) is 0.318. The lowest BCUT2D eigenvalue weighted by atomic mass is 10.1. The van der Waals surface area contributed by atoms with Gasteiger partial charge in [0.05, 0.1) is 17.6 Å². The van der Waals surface area contributed by atoms with E-state index in [1.807, 2.05) is 0 Å². The molecule has 0 saturated carbocycles. The number of hydrogen-bond acceptors (Lipinski definition) is 4. The first-order valence-electron chi connectivity index (χ1n) is 5.01. The van der Waals surface area contributed by atoms with Gasteiger partial charge in [-0.1, -0.05) is 0 Å². The van der Waals surface area contributed by atoms with Crippen LogP contribution in [0.2, 0.25) is 0 Å². The largest absolute Gasteiger partial charge is 0.378 e. The van der Waals surface area contributed by atoms with Crippen LogP contribution >= 0.6 is 0 Å². The Kier molecular flexibility index (Phi) is 2.86. The molecule has 1 aliphatic heterocycles. The summed E-state index contributed by atoms with van der Waals surface area (Å²) in [6.45, 7) is 2.06. The molecule has 1 aromatic rings. The summed E-state index contributed by atoms with van der Waals surface area (Å²) in [7, 11) is 0. The van der Waals surface area contributed by atoms with Crippen LogP contribution in [0.25, 0.3) is 0 Å². The average molecular weight is 229 g/mol. The van der Waals surface area contributed by atoms with Gasteiger partial charge in [0.1, 0.15) is 18.1 Å². The summed E-state index contributed by atoms with van der Waals surface area (Å²) in [4.78, 5) is 10.1. The van der Waals surface area contributed by atoms with Crippen LogP contribution in [0.5, 0.6) is 0 Å². The SMILES string of the molecule is Cc1c([N+](=O)[O-])cnn1C1CCOCC1F. The Morgan fingerprint density at radius 1 is 1.75 bits per heavy atom. The molecule has 6 nitrogen and oxygen atoms in total. The second-order valence-electron chi connectivity index (χ2n) is 3.76. The molecule has 1 fully saturated rings. The van der Waals surface area contributed by atoms with Gasteiger partial charge in [-0.25, -0.2) is 4.39 Å². The van der Waals surface area contributed by atoms with Crippen LogP contribution in [0.15, 0.2) is 6.20 Å². The smallest absolute Gasteiger partial charge is 0.309 e. The van der Waals surface area contributed by atoms with Crippen LogP contribution < -0.4 is 0 Å². The van der Waals surface area contributed by atoms with Crippen molar-refractivity contribution < 1.29 is 14.1 Å². The molecular formula is C9H12FN3O3. The lowest BCUT2D eigenvalue weighted by Gasteiger charge is -2.26. The van der Waals surface area contributed by atoms with E-state index in [1.54, 1.807) is 6.92 Å². The van der Waals surface area contributed by atoms with Crippen molar-refractivity contribution in [3.8, 4) is 0 Å². The lowest BCUT2D eigenvalue weighted by molar-refractivity contribution is -0.385. The maximum atomic E-state index is 13.6. The summed E-state index contributed by atoms with van der Waals surface area (Å²) < 4.78 is 19.9. The van der Waals surface area contributed by atoms with E-state index >= 15 is 0 Å². The molecule has 0 aromatic carbocycles. The lowest BCUT2D eigenvalue weighted by Crippen LogP contribution is -2.32. The van der Waals surface area contributed by atoms with Gasteiger partial charge < -0.3 is 4.74 Å². The molecule has 0 aliphatic carbocycles. The van der Waals surface area contributed by atoms with Gasteiger partial charge in [0.25, 0.3) is 0 Å². The summed E-state index contributed by atoms with van der Waals surface area (Å²) >= 11 is 0. The highest BCUT2D eigenvalue weighted by molar-refractivity contribution is 5.32. The molecule has 2 unspecified atom stereocenters. The Balaban J connectivity index is 2.29. The average Bonchev–Trinajstić information content (AvgIpc) is 2.61. The summed E-state index contributed by atoms with van der Waals surface area (Å²) in [5, 5.41) is 14.5. The number of alkyl halides is 1. The molecule has 1 aliphatic rings. The predicted molar refractivity (Wildman–Crippen MR) is 53.0 cm³/mol. The molecule has 0 amide bonds. The quantitative estimate of drug-likeness (QED) is 0.567. The van der Waals surface area contributed by atoms with Crippen molar-refractivity contribution in [2.75, 3.05) is 13.2 Å². The topological polar surface area (TPSA) is 70.2 Å². The van der Waals surface area contributed by atoms with Crippen molar-refractivity contribution in [2.24, 2.45) is 0 Å². The van der Waals surface area contributed by atoms with E-state index in [-0.39, 0.29) is 12.3 Å². The fraction of sp³-hybridized carbons (Fsp3) is 0.667. The Morgan fingerprint density at radius 3 is 3.06 bits per heavy atom. The van der Waals surface area contributed by atoms with Gasteiger partial charge in [0.15, 0.2) is 0 Å². The zero-order valence-electron chi connectivity index (χ0n) is 8.80. The van der Waals surface area contributed by atoms with Crippen molar-refractivity contribution in [2.45, 2.75) is 25.6 Å². The van der Waals surface area contributed by atoms with E-state index in [9.17, 15) is 14.5 Å². The van der Waals surface area contributed by atoms with Crippen molar-refractivity contribution in [1.82, 2.24) is 9.78 Å². The first-order chi connectivity index (χ1) is 7.61. The first kappa shape index (κ1) is 11.0. The van der Waals surface area contributed by atoms with E-state index < -0.39 is 17.1 Å². The third-order valence-electron chi connectivity index (χ3n) is 2.78. The third kappa shape index (κ3) is 1.78. The molecule has 0 bridgehead atoms. The molecule has 7 heteroatoms. The molecule has 16 heavy (non-hydrogen) atoms. The molecule has 2 heterocycles. The predicted octanol–water partition coefficient (Wildman–Crippen LogP) is 1.40. The molecule has 0 radical (unpaired) electrons. The Morgan fingerprint density at radius 2 is 2.50 bits per heavy atom. The minimum absolute atomic E-state index is 0.0256. The second-order valence-corrected chi connectivity index (χ2v) is 3.76. The van der Waals surface area contributed by atoms with Crippen LogP contribution in [-0.4, -0.2) is 34.1 Å². The Hall–Kier alpha value is -1.50. The summed E-state index contributed by atoms with van der Waals surface area (Å²) in [6, 6.07) is -0.456. The van der Waals surface area contributed by atoms with E-state index in [1.165, 1.54) is 4.68 Å². The van der Waals surface area contributed by atoms with Crippen molar-refractivity contribution >= 4 is 5.69 Å². The van der Waals surface area contributed by atoms with Gasteiger partial charge in [-0.2, -0.15) is 5.10 Å². The van der Waals surface area contributed by atoms with Crippen molar-refractivity contribution in [3.05, 3.63) is 22.0 Å². The van der Waals surface area contributed by atoms with E-state index in [4.69, 9.17) is 4.74 Å². The number of halogens is 1. The molecular weight excluding hydrogens is 217 g/mol. The maximum Gasteiger partial charge on any atom is 0.309 e. The van der Waals surface area contributed by atoms with E-state index in [0.717, 1.165) is 6.20 Å². The molecule has 2 atom stereocenters. The number of hydrogen-bond donors (Lipinski definition) is 0. The molecule has 2 rings (SSSR count). The fourth-order valence-corrected chi connectivity index (χ4v) is 1.90. The third-order valence-corrected chi connectivity index (χ3v) is 2.78. The Bertz CT molecular complexity index is 407. The summed E-state index contributed by atoms with van der Waals surface area (Å²) in [6.07, 6.45) is 0.491. The van der Waals surface area contributed by atoms with Crippen LogP contribution in [0.1, 0.15) is 18.2 Å². The number of nitrogens with zero attached hydrogens (tertiary/aromatic N) is 3. The molecule has 1 aromatic heterocycles. The number of nitro groups is 1. The molecule has 0 spiro atoms. The highest BCUT2D eigenvalue weighted by Crippen LogP contribution is 2.28. The maximum absolute atomic E-state index is 13.6. The zero-order valence-corrected chi connectivity index (χ0v) is 8.80. The molecule has 88 valence electrons. The highest BCUT2D eigenvalue weighted by Gasteiger charge is 2.31. The standard InChI is InChI=1S/C9H12FN3O3/c1-6-9(13(14)15)4-11-12(6)8-2-3-16-5-7(8)10/h4,7-8H,2-3,5H2,1H3. The molecule has 1 saturated heterocycles.